The molecule has 0 heterocycles. The summed E-state index contributed by atoms with van der Waals surface area (Å²) in [6, 6.07) is 5.66. The van der Waals surface area contributed by atoms with Crippen LogP contribution in [0.5, 0.6) is 5.75 Å². The Morgan fingerprint density at radius 2 is 2.21 bits per heavy atom. The van der Waals surface area contributed by atoms with Gasteiger partial charge in [-0.2, -0.15) is 0 Å². The zero-order valence-corrected chi connectivity index (χ0v) is 8.97. The lowest BCUT2D eigenvalue weighted by Crippen LogP contribution is -2.29. The summed E-state index contributed by atoms with van der Waals surface area (Å²) in [5.41, 5.74) is 6.88. The molecule has 14 heavy (non-hydrogen) atoms. The van der Waals surface area contributed by atoms with E-state index in [1.54, 1.807) is 0 Å². The van der Waals surface area contributed by atoms with Crippen LogP contribution in [-0.4, -0.2) is 12.1 Å². The summed E-state index contributed by atoms with van der Waals surface area (Å²) in [5.74, 6) is 0.851. The molecule has 0 spiro atoms. The molecular weight excluding hydrogens is 198 g/mol. The second-order valence-electron chi connectivity index (χ2n) is 4.06. The molecule has 1 aliphatic carbocycles. The third-order valence-corrected chi connectivity index (χ3v) is 2.97. The van der Waals surface area contributed by atoms with Crippen molar-refractivity contribution in [3.63, 3.8) is 0 Å². The Balaban J connectivity index is 1.99. The zero-order valence-electron chi connectivity index (χ0n) is 8.22. The zero-order chi connectivity index (χ0) is 10.2. The largest absolute Gasteiger partial charge is 0.492 e. The van der Waals surface area contributed by atoms with Crippen molar-refractivity contribution in [3.05, 3.63) is 28.8 Å². The van der Waals surface area contributed by atoms with E-state index in [1.807, 2.05) is 25.1 Å². The molecule has 0 atom stereocenters. The summed E-state index contributed by atoms with van der Waals surface area (Å²) >= 11 is 5.90. The number of hydrogen-bond donors (Lipinski definition) is 1. The third kappa shape index (κ3) is 2.20. The summed E-state index contributed by atoms with van der Waals surface area (Å²) in [5, 5.41) is 0.770. The van der Waals surface area contributed by atoms with Crippen molar-refractivity contribution < 1.29 is 4.74 Å². The Hall–Kier alpha value is -0.730. The Morgan fingerprint density at radius 1 is 1.50 bits per heavy atom. The molecule has 1 saturated carbocycles. The highest BCUT2D eigenvalue weighted by atomic mass is 35.5. The molecule has 1 fully saturated rings. The van der Waals surface area contributed by atoms with E-state index < -0.39 is 0 Å². The normalized spacial score (nSPS) is 17.9. The van der Waals surface area contributed by atoms with Gasteiger partial charge < -0.3 is 10.5 Å². The van der Waals surface area contributed by atoms with Gasteiger partial charge in [-0.15, -0.1) is 0 Å². The van der Waals surface area contributed by atoms with Gasteiger partial charge in [0.25, 0.3) is 0 Å². The number of rotatable bonds is 3. The molecule has 0 aromatic heterocycles. The van der Waals surface area contributed by atoms with E-state index in [1.165, 1.54) is 0 Å². The minimum atomic E-state index is -0.0620. The first-order valence-electron chi connectivity index (χ1n) is 4.77. The van der Waals surface area contributed by atoms with Crippen LogP contribution in [0.3, 0.4) is 0 Å². The maximum Gasteiger partial charge on any atom is 0.119 e. The summed E-state index contributed by atoms with van der Waals surface area (Å²) in [6.45, 7) is 2.57. The predicted molar refractivity (Wildman–Crippen MR) is 57.8 cm³/mol. The molecule has 3 heteroatoms. The van der Waals surface area contributed by atoms with Crippen LogP contribution in [0.15, 0.2) is 18.2 Å². The molecular formula is C11H14ClNO. The molecule has 0 unspecified atom stereocenters. The van der Waals surface area contributed by atoms with Crippen molar-refractivity contribution >= 4 is 11.6 Å². The molecule has 76 valence electrons. The van der Waals surface area contributed by atoms with Crippen LogP contribution in [0.2, 0.25) is 5.02 Å². The minimum Gasteiger partial charge on any atom is -0.492 e. The van der Waals surface area contributed by atoms with Crippen molar-refractivity contribution in [3.8, 4) is 5.75 Å². The minimum absolute atomic E-state index is 0.0620. The highest BCUT2D eigenvalue weighted by Crippen LogP contribution is 2.33. The quantitative estimate of drug-likeness (QED) is 0.834. The first-order chi connectivity index (χ1) is 6.59. The lowest BCUT2D eigenvalue weighted by Gasteiger charge is -2.11. The summed E-state index contributed by atoms with van der Waals surface area (Å²) < 4.78 is 5.59. The molecule has 2 rings (SSSR count). The van der Waals surface area contributed by atoms with Crippen LogP contribution >= 0.6 is 11.6 Å². The number of nitrogens with two attached hydrogens (primary N) is 1. The van der Waals surface area contributed by atoms with Crippen LogP contribution in [0.1, 0.15) is 18.4 Å². The Morgan fingerprint density at radius 3 is 2.79 bits per heavy atom. The summed E-state index contributed by atoms with van der Waals surface area (Å²) in [4.78, 5) is 0. The van der Waals surface area contributed by atoms with E-state index in [0.717, 1.165) is 29.2 Å². The van der Waals surface area contributed by atoms with E-state index in [9.17, 15) is 0 Å². The van der Waals surface area contributed by atoms with Crippen LogP contribution in [0.25, 0.3) is 0 Å². The fraction of sp³-hybridized carbons (Fsp3) is 0.455. The topological polar surface area (TPSA) is 35.2 Å². The SMILES string of the molecule is Cc1cc(OCC2(N)CC2)ccc1Cl. The first-order valence-corrected chi connectivity index (χ1v) is 5.15. The maximum atomic E-state index is 5.91. The second kappa shape index (κ2) is 3.44. The molecule has 0 radical (unpaired) electrons. The van der Waals surface area contributed by atoms with E-state index in [2.05, 4.69) is 0 Å². The number of hydrogen-bond acceptors (Lipinski definition) is 2. The highest BCUT2D eigenvalue weighted by molar-refractivity contribution is 6.31. The van der Waals surface area contributed by atoms with Gasteiger partial charge in [-0.25, -0.2) is 0 Å². The number of halogens is 1. The monoisotopic (exact) mass is 211 g/mol. The molecule has 0 saturated heterocycles. The number of ether oxygens (including phenoxy) is 1. The highest BCUT2D eigenvalue weighted by Gasteiger charge is 2.39. The van der Waals surface area contributed by atoms with Crippen LogP contribution in [0, 0.1) is 6.92 Å². The predicted octanol–water partition coefficient (Wildman–Crippen LogP) is 2.52. The first kappa shape index (κ1) is 9.81. The van der Waals surface area contributed by atoms with Crippen molar-refractivity contribution in [2.45, 2.75) is 25.3 Å². The van der Waals surface area contributed by atoms with Crippen molar-refractivity contribution in [1.29, 1.82) is 0 Å². The third-order valence-electron chi connectivity index (χ3n) is 2.55. The Kier molecular flexibility index (Phi) is 2.41. The lowest BCUT2D eigenvalue weighted by molar-refractivity contribution is 0.279. The molecule has 0 amide bonds. The molecule has 1 aromatic carbocycles. The standard InChI is InChI=1S/C11H14ClNO/c1-8-6-9(2-3-10(8)12)14-7-11(13)4-5-11/h2-3,6H,4-5,7,13H2,1H3. The van der Waals surface area contributed by atoms with Gasteiger partial charge in [-0.3, -0.25) is 0 Å². The maximum absolute atomic E-state index is 5.91. The van der Waals surface area contributed by atoms with Gasteiger partial charge in [0.15, 0.2) is 0 Å². The van der Waals surface area contributed by atoms with E-state index in [-0.39, 0.29) is 5.54 Å². The van der Waals surface area contributed by atoms with Crippen molar-refractivity contribution in [2.75, 3.05) is 6.61 Å². The van der Waals surface area contributed by atoms with Crippen LogP contribution in [-0.2, 0) is 0 Å². The van der Waals surface area contributed by atoms with Crippen molar-refractivity contribution in [1.82, 2.24) is 0 Å². The van der Waals surface area contributed by atoms with E-state index in [4.69, 9.17) is 22.1 Å². The van der Waals surface area contributed by atoms with Gasteiger partial charge in [-0.1, -0.05) is 11.6 Å². The van der Waals surface area contributed by atoms with Gasteiger partial charge in [0.2, 0.25) is 0 Å². The molecule has 1 aliphatic rings. The Bertz CT molecular complexity index is 347. The fourth-order valence-electron chi connectivity index (χ4n) is 1.24. The summed E-state index contributed by atoms with van der Waals surface area (Å²) in [6.07, 6.45) is 2.14. The number of benzene rings is 1. The van der Waals surface area contributed by atoms with E-state index in [0.29, 0.717) is 6.61 Å². The van der Waals surface area contributed by atoms with E-state index >= 15 is 0 Å². The smallest absolute Gasteiger partial charge is 0.119 e. The number of aryl methyl sites for hydroxylation is 1. The second-order valence-corrected chi connectivity index (χ2v) is 4.47. The van der Waals surface area contributed by atoms with Crippen molar-refractivity contribution in [2.24, 2.45) is 5.73 Å². The van der Waals surface area contributed by atoms with Crippen LogP contribution < -0.4 is 10.5 Å². The van der Waals surface area contributed by atoms with Crippen LogP contribution in [0.4, 0.5) is 0 Å². The molecule has 0 bridgehead atoms. The molecule has 0 aliphatic heterocycles. The van der Waals surface area contributed by atoms with Gasteiger partial charge in [0, 0.05) is 5.02 Å². The molecule has 1 aromatic rings. The fourth-order valence-corrected chi connectivity index (χ4v) is 1.36. The van der Waals surface area contributed by atoms with Gasteiger partial charge in [0.1, 0.15) is 12.4 Å². The average Bonchev–Trinajstić information content (AvgIpc) is 2.87. The Labute approximate surface area is 89.0 Å². The lowest BCUT2D eigenvalue weighted by atomic mass is 10.2. The summed E-state index contributed by atoms with van der Waals surface area (Å²) in [7, 11) is 0. The average molecular weight is 212 g/mol. The molecule has 2 N–H and O–H groups in total. The van der Waals surface area contributed by atoms with Gasteiger partial charge in [-0.05, 0) is 43.5 Å². The molecule has 2 nitrogen and oxygen atoms in total. The van der Waals surface area contributed by atoms with Gasteiger partial charge >= 0.3 is 0 Å². The van der Waals surface area contributed by atoms with Gasteiger partial charge in [0.05, 0.1) is 5.54 Å².